The van der Waals surface area contributed by atoms with Crippen LogP contribution in [0.5, 0.6) is 0 Å². The van der Waals surface area contributed by atoms with Crippen molar-refractivity contribution in [1.82, 2.24) is 19.9 Å². The second kappa shape index (κ2) is 7.44. The number of nitrogens with zero attached hydrogens (tertiary/aromatic N) is 4. The third-order valence-electron chi connectivity index (χ3n) is 4.88. The lowest BCUT2D eigenvalue weighted by atomic mass is 9.91. The zero-order valence-corrected chi connectivity index (χ0v) is 14.5. The maximum absolute atomic E-state index is 13.2. The molecule has 0 bridgehead atoms. The Bertz CT molecular complexity index is 883. The van der Waals surface area contributed by atoms with Gasteiger partial charge in [-0.1, -0.05) is 30.3 Å². The lowest BCUT2D eigenvalue weighted by molar-refractivity contribution is 0.0707. The smallest absolute Gasteiger partial charge is 0.257 e. The van der Waals surface area contributed by atoms with Crippen LogP contribution in [0.25, 0.3) is 11.3 Å². The minimum atomic E-state index is 0.00297. The number of amides is 1. The minimum absolute atomic E-state index is 0.00297. The van der Waals surface area contributed by atoms with Crippen molar-refractivity contribution in [1.29, 1.82) is 0 Å². The summed E-state index contributed by atoms with van der Waals surface area (Å²) in [7, 11) is 0. The van der Waals surface area contributed by atoms with Crippen LogP contribution in [0.3, 0.4) is 0 Å². The molecule has 3 heterocycles. The molecule has 1 unspecified atom stereocenters. The molecule has 1 aliphatic heterocycles. The summed E-state index contributed by atoms with van der Waals surface area (Å²) in [5.74, 6) is 0.351. The molecule has 1 fully saturated rings. The molecule has 5 heteroatoms. The molecule has 1 saturated heterocycles. The summed E-state index contributed by atoms with van der Waals surface area (Å²) in [4.78, 5) is 27.7. The molecule has 0 saturated carbocycles. The van der Waals surface area contributed by atoms with Gasteiger partial charge in [-0.25, -0.2) is 9.97 Å². The molecule has 3 aromatic rings. The van der Waals surface area contributed by atoms with Crippen molar-refractivity contribution in [2.75, 3.05) is 13.1 Å². The van der Waals surface area contributed by atoms with E-state index in [0.717, 1.165) is 24.9 Å². The maximum atomic E-state index is 13.2. The fraction of sp³-hybridized carbons (Fsp3) is 0.238. The van der Waals surface area contributed by atoms with Gasteiger partial charge in [-0.3, -0.25) is 9.78 Å². The lowest BCUT2D eigenvalue weighted by Gasteiger charge is -2.33. The van der Waals surface area contributed by atoms with E-state index < -0.39 is 0 Å². The number of rotatable bonds is 3. The van der Waals surface area contributed by atoms with Crippen molar-refractivity contribution in [3.63, 3.8) is 0 Å². The molecular weight excluding hydrogens is 324 g/mol. The quantitative estimate of drug-likeness (QED) is 0.729. The van der Waals surface area contributed by atoms with Crippen molar-refractivity contribution in [2.24, 2.45) is 0 Å². The first-order valence-corrected chi connectivity index (χ1v) is 8.87. The van der Waals surface area contributed by atoms with Crippen molar-refractivity contribution >= 4 is 5.91 Å². The first-order chi connectivity index (χ1) is 12.8. The normalized spacial score (nSPS) is 17.1. The number of carbonyl (C=O) groups excluding carboxylic acids is 1. The molecule has 5 nitrogen and oxygen atoms in total. The number of hydrogen-bond acceptors (Lipinski definition) is 4. The largest absolute Gasteiger partial charge is 0.338 e. The first kappa shape index (κ1) is 16.4. The van der Waals surface area contributed by atoms with Crippen molar-refractivity contribution in [3.05, 3.63) is 78.5 Å². The fourth-order valence-electron chi connectivity index (χ4n) is 3.55. The SMILES string of the molecule is O=C(c1cncnc1-c1ccccc1)N1CCCC(c2ccncc2)C1. The number of hydrogen-bond donors (Lipinski definition) is 0. The molecule has 4 rings (SSSR count). The highest BCUT2D eigenvalue weighted by Gasteiger charge is 2.27. The van der Waals surface area contributed by atoms with E-state index in [0.29, 0.717) is 23.7 Å². The number of aromatic nitrogens is 3. The summed E-state index contributed by atoms with van der Waals surface area (Å²) in [6.07, 6.45) is 8.84. The van der Waals surface area contributed by atoms with Gasteiger partial charge in [-0.15, -0.1) is 0 Å². The van der Waals surface area contributed by atoms with Gasteiger partial charge in [0.2, 0.25) is 0 Å². The summed E-state index contributed by atoms with van der Waals surface area (Å²) >= 11 is 0. The van der Waals surface area contributed by atoms with Gasteiger partial charge >= 0.3 is 0 Å². The predicted octanol–water partition coefficient (Wildman–Crippen LogP) is 3.56. The average Bonchev–Trinajstić information content (AvgIpc) is 2.74. The maximum Gasteiger partial charge on any atom is 0.257 e. The third-order valence-corrected chi connectivity index (χ3v) is 4.88. The van der Waals surface area contributed by atoms with Crippen molar-refractivity contribution in [2.45, 2.75) is 18.8 Å². The third kappa shape index (κ3) is 3.33. The van der Waals surface area contributed by atoms with Crippen LogP contribution in [0.2, 0.25) is 0 Å². The van der Waals surface area contributed by atoms with Gasteiger partial charge < -0.3 is 4.90 Å². The lowest BCUT2D eigenvalue weighted by Crippen LogP contribution is -2.39. The second-order valence-electron chi connectivity index (χ2n) is 6.52. The van der Waals surface area contributed by atoms with Crippen LogP contribution in [0.15, 0.2) is 67.4 Å². The van der Waals surface area contributed by atoms with Gasteiger partial charge in [-0.2, -0.15) is 0 Å². The Hall–Kier alpha value is -3.08. The number of pyridine rings is 1. The second-order valence-corrected chi connectivity index (χ2v) is 6.52. The van der Waals surface area contributed by atoms with E-state index in [2.05, 4.69) is 15.0 Å². The standard InChI is InChI=1S/C21H20N4O/c26-21(19-13-23-15-24-20(19)17-5-2-1-3-6-17)25-12-4-7-18(14-25)16-8-10-22-11-9-16/h1-3,5-6,8-11,13,15,18H,4,7,12,14H2. The van der Waals surface area contributed by atoms with Crippen LogP contribution in [-0.2, 0) is 0 Å². The van der Waals surface area contributed by atoms with Crippen LogP contribution in [-0.4, -0.2) is 38.8 Å². The highest BCUT2D eigenvalue weighted by atomic mass is 16.2. The molecule has 26 heavy (non-hydrogen) atoms. The van der Waals surface area contributed by atoms with Crippen molar-refractivity contribution < 1.29 is 4.79 Å². The van der Waals surface area contributed by atoms with E-state index in [1.807, 2.05) is 59.8 Å². The first-order valence-electron chi connectivity index (χ1n) is 8.87. The van der Waals surface area contributed by atoms with E-state index in [4.69, 9.17) is 0 Å². The Morgan fingerprint density at radius 2 is 1.85 bits per heavy atom. The summed E-state index contributed by atoms with van der Waals surface area (Å²) in [6.45, 7) is 1.48. The van der Waals surface area contributed by atoms with E-state index in [1.165, 1.54) is 11.9 Å². The van der Waals surface area contributed by atoms with Crippen LogP contribution in [0.1, 0.15) is 34.7 Å². The molecule has 1 aliphatic rings. The average molecular weight is 344 g/mol. The molecule has 1 amide bonds. The molecule has 0 spiro atoms. The minimum Gasteiger partial charge on any atom is -0.338 e. The van der Waals surface area contributed by atoms with Crippen LogP contribution in [0.4, 0.5) is 0 Å². The zero-order chi connectivity index (χ0) is 17.8. The summed E-state index contributed by atoms with van der Waals surface area (Å²) in [5.41, 5.74) is 3.43. The molecule has 0 radical (unpaired) electrons. The highest BCUT2D eigenvalue weighted by Crippen LogP contribution is 2.29. The molecule has 130 valence electrons. The molecule has 0 aliphatic carbocycles. The zero-order valence-electron chi connectivity index (χ0n) is 14.5. The van der Waals surface area contributed by atoms with E-state index in [1.54, 1.807) is 6.20 Å². The number of piperidine rings is 1. The molecule has 2 aromatic heterocycles. The van der Waals surface area contributed by atoms with Gasteiger partial charge in [0.05, 0.1) is 11.3 Å². The molecule has 0 N–H and O–H groups in total. The Labute approximate surface area is 152 Å². The Kier molecular flexibility index (Phi) is 4.69. The fourth-order valence-corrected chi connectivity index (χ4v) is 3.55. The molecular formula is C21H20N4O. The van der Waals surface area contributed by atoms with Crippen LogP contribution in [0, 0.1) is 0 Å². The van der Waals surface area contributed by atoms with E-state index >= 15 is 0 Å². The van der Waals surface area contributed by atoms with E-state index in [-0.39, 0.29) is 5.91 Å². The van der Waals surface area contributed by atoms with Crippen LogP contribution < -0.4 is 0 Å². The number of likely N-dealkylation sites (tertiary alicyclic amines) is 1. The van der Waals surface area contributed by atoms with Gasteiger partial charge in [0, 0.05) is 43.2 Å². The molecule has 1 atom stereocenters. The Morgan fingerprint density at radius 1 is 1.04 bits per heavy atom. The van der Waals surface area contributed by atoms with Gasteiger partial charge in [0.1, 0.15) is 6.33 Å². The summed E-state index contributed by atoms with van der Waals surface area (Å²) < 4.78 is 0. The Morgan fingerprint density at radius 3 is 2.65 bits per heavy atom. The van der Waals surface area contributed by atoms with E-state index in [9.17, 15) is 4.79 Å². The number of benzene rings is 1. The van der Waals surface area contributed by atoms with Gasteiger partial charge in [0.25, 0.3) is 5.91 Å². The van der Waals surface area contributed by atoms with Crippen LogP contribution >= 0.6 is 0 Å². The van der Waals surface area contributed by atoms with Gasteiger partial charge in [0.15, 0.2) is 0 Å². The number of carbonyl (C=O) groups is 1. The van der Waals surface area contributed by atoms with Crippen molar-refractivity contribution in [3.8, 4) is 11.3 Å². The predicted molar refractivity (Wildman–Crippen MR) is 99.6 cm³/mol. The topological polar surface area (TPSA) is 59.0 Å². The monoisotopic (exact) mass is 344 g/mol. The van der Waals surface area contributed by atoms with Gasteiger partial charge in [-0.05, 0) is 30.5 Å². The highest BCUT2D eigenvalue weighted by molar-refractivity contribution is 5.99. The molecule has 1 aromatic carbocycles. The summed E-state index contributed by atoms with van der Waals surface area (Å²) in [5, 5.41) is 0. The Balaban J connectivity index is 1.60. The summed E-state index contributed by atoms with van der Waals surface area (Å²) in [6, 6.07) is 13.9.